The van der Waals surface area contributed by atoms with Gasteiger partial charge in [-0.15, -0.1) is 0 Å². The van der Waals surface area contributed by atoms with Crippen LogP contribution in [0.1, 0.15) is 48.2 Å². The molecule has 1 fully saturated rings. The van der Waals surface area contributed by atoms with E-state index in [4.69, 9.17) is 9.97 Å². The second kappa shape index (κ2) is 11.6. The number of nitrogens with one attached hydrogen (secondary N) is 1. The molecule has 43 heavy (non-hydrogen) atoms. The second-order valence-corrected chi connectivity index (χ2v) is 11.1. The highest BCUT2D eigenvalue weighted by Gasteiger charge is 2.24. The Morgan fingerprint density at radius 1 is 0.884 bits per heavy atom. The molecule has 5 heterocycles. The van der Waals surface area contributed by atoms with E-state index in [-0.39, 0.29) is 0 Å². The standard InChI is InChI=1S/C35H32N8/c1-2-24-12-15-30(37-22-24)34-39-33(40-41-34)28-16-19-42(20-17-28)23-25-10-13-26(14-11-25)31-32(27-7-4-3-5-8-27)43-18-6-9-29(21-36)35(43)38-31/h3-15,18,22,28H,2,16-17,19-20,23H2,1H3,(H,39,40,41). The van der Waals surface area contributed by atoms with Crippen LogP contribution in [0.15, 0.2) is 91.3 Å². The van der Waals surface area contributed by atoms with E-state index in [0.717, 1.165) is 72.9 Å². The number of hydrogen-bond donors (Lipinski definition) is 1. The zero-order valence-corrected chi connectivity index (χ0v) is 24.1. The number of nitriles is 1. The van der Waals surface area contributed by atoms with E-state index in [1.54, 1.807) is 0 Å². The minimum atomic E-state index is 0.375. The molecule has 1 aliphatic heterocycles. The first kappa shape index (κ1) is 26.7. The monoisotopic (exact) mass is 564 g/mol. The molecule has 0 unspecified atom stereocenters. The first-order chi connectivity index (χ1) is 21.2. The molecule has 0 amide bonds. The lowest BCUT2D eigenvalue weighted by atomic mass is 9.95. The highest BCUT2D eigenvalue weighted by atomic mass is 15.2. The van der Waals surface area contributed by atoms with Crippen molar-refractivity contribution in [1.29, 1.82) is 5.26 Å². The molecule has 1 N–H and O–H groups in total. The van der Waals surface area contributed by atoms with E-state index in [2.05, 4.69) is 75.5 Å². The molecule has 2 aromatic carbocycles. The maximum Gasteiger partial charge on any atom is 0.199 e. The van der Waals surface area contributed by atoms with Crippen molar-refractivity contribution in [3.05, 3.63) is 114 Å². The van der Waals surface area contributed by atoms with Gasteiger partial charge in [0.1, 0.15) is 17.6 Å². The van der Waals surface area contributed by atoms with Crippen LogP contribution >= 0.6 is 0 Å². The Morgan fingerprint density at radius 3 is 2.40 bits per heavy atom. The van der Waals surface area contributed by atoms with Gasteiger partial charge in [-0.05, 0) is 61.7 Å². The summed E-state index contributed by atoms with van der Waals surface area (Å²) in [5, 5.41) is 17.3. The van der Waals surface area contributed by atoms with Crippen LogP contribution in [-0.4, -0.2) is 47.5 Å². The maximum atomic E-state index is 9.70. The Morgan fingerprint density at radius 2 is 1.67 bits per heavy atom. The number of fused-ring (bicyclic) bond motifs is 1. The molecule has 7 rings (SSSR count). The number of piperidine rings is 1. The van der Waals surface area contributed by atoms with Gasteiger partial charge in [-0.3, -0.25) is 19.4 Å². The molecule has 4 aromatic heterocycles. The summed E-state index contributed by atoms with van der Waals surface area (Å²) in [4.78, 5) is 16.8. The molecule has 1 aliphatic rings. The highest BCUT2D eigenvalue weighted by molar-refractivity contribution is 5.83. The number of imidazole rings is 1. The molecular weight excluding hydrogens is 532 g/mol. The summed E-state index contributed by atoms with van der Waals surface area (Å²) in [6.07, 6.45) is 6.93. The number of rotatable bonds is 7. The molecule has 212 valence electrons. The number of nitrogens with zero attached hydrogens (tertiary/aromatic N) is 7. The summed E-state index contributed by atoms with van der Waals surface area (Å²) >= 11 is 0. The lowest BCUT2D eigenvalue weighted by Crippen LogP contribution is -2.32. The van der Waals surface area contributed by atoms with Crippen molar-refractivity contribution >= 4 is 5.65 Å². The number of benzene rings is 2. The minimum absolute atomic E-state index is 0.375. The maximum absolute atomic E-state index is 9.70. The summed E-state index contributed by atoms with van der Waals surface area (Å²) in [6.45, 7) is 5.04. The van der Waals surface area contributed by atoms with Crippen LogP contribution in [0.3, 0.4) is 0 Å². The summed E-state index contributed by atoms with van der Waals surface area (Å²) in [5.41, 5.74) is 8.51. The van der Waals surface area contributed by atoms with Crippen LogP contribution in [0.25, 0.3) is 39.7 Å². The van der Waals surface area contributed by atoms with Crippen molar-refractivity contribution in [2.45, 2.75) is 38.6 Å². The van der Waals surface area contributed by atoms with E-state index < -0.39 is 0 Å². The highest BCUT2D eigenvalue weighted by Crippen LogP contribution is 2.34. The van der Waals surface area contributed by atoms with Gasteiger partial charge in [-0.25, -0.2) is 9.97 Å². The van der Waals surface area contributed by atoms with Crippen molar-refractivity contribution in [1.82, 2.24) is 34.4 Å². The van der Waals surface area contributed by atoms with Crippen molar-refractivity contribution in [2.75, 3.05) is 13.1 Å². The molecule has 0 radical (unpaired) electrons. The third kappa shape index (κ3) is 5.31. The smallest absolute Gasteiger partial charge is 0.199 e. The molecule has 0 spiro atoms. The van der Waals surface area contributed by atoms with E-state index in [0.29, 0.717) is 23.0 Å². The molecule has 0 saturated carbocycles. The van der Waals surface area contributed by atoms with Gasteiger partial charge in [0.05, 0.1) is 17.0 Å². The molecule has 8 heteroatoms. The number of pyridine rings is 2. The molecule has 1 saturated heterocycles. The van der Waals surface area contributed by atoms with Gasteiger partial charge in [-0.2, -0.15) is 10.4 Å². The van der Waals surface area contributed by atoms with Crippen molar-refractivity contribution < 1.29 is 0 Å². The van der Waals surface area contributed by atoms with Gasteiger partial charge in [0.15, 0.2) is 11.5 Å². The van der Waals surface area contributed by atoms with E-state index in [9.17, 15) is 5.26 Å². The Kier molecular flexibility index (Phi) is 7.23. The average molecular weight is 565 g/mol. The van der Waals surface area contributed by atoms with Gasteiger partial charge in [0, 0.05) is 36.0 Å². The number of hydrogen-bond acceptors (Lipinski definition) is 6. The van der Waals surface area contributed by atoms with Crippen LogP contribution in [0.5, 0.6) is 0 Å². The zero-order valence-electron chi connectivity index (χ0n) is 24.1. The minimum Gasteiger partial charge on any atom is -0.299 e. The Hall–Kier alpha value is -5.13. The topological polar surface area (TPSA) is 98.8 Å². The number of H-pyrrole nitrogens is 1. The molecule has 6 aromatic rings. The van der Waals surface area contributed by atoms with Gasteiger partial charge in [-0.1, -0.05) is 67.6 Å². The van der Waals surface area contributed by atoms with Crippen LogP contribution < -0.4 is 0 Å². The number of aromatic nitrogens is 6. The lowest BCUT2D eigenvalue weighted by molar-refractivity contribution is 0.202. The number of likely N-dealkylation sites (tertiary alicyclic amines) is 1. The Balaban J connectivity index is 1.04. The molecule has 0 aliphatic carbocycles. The van der Waals surface area contributed by atoms with Gasteiger partial charge < -0.3 is 0 Å². The van der Waals surface area contributed by atoms with E-state index in [1.807, 2.05) is 53.2 Å². The number of aryl methyl sites for hydroxylation is 1. The quantitative estimate of drug-likeness (QED) is 0.233. The number of aromatic amines is 1. The van der Waals surface area contributed by atoms with Crippen molar-refractivity contribution in [2.24, 2.45) is 0 Å². The fourth-order valence-electron chi connectivity index (χ4n) is 5.96. The molecule has 8 nitrogen and oxygen atoms in total. The summed E-state index contributed by atoms with van der Waals surface area (Å²) in [7, 11) is 0. The third-order valence-electron chi connectivity index (χ3n) is 8.39. The largest absolute Gasteiger partial charge is 0.299 e. The summed E-state index contributed by atoms with van der Waals surface area (Å²) in [5.74, 6) is 2.01. The van der Waals surface area contributed by atoms with Crippen molar-refractivity contribution in [3.63, 3.8) is 0 Å². The first-order valence-electron chi connectivity index (χ1n) is 14.9. The third-order valence-corrected chi connectivity index (χ3v) is 8.39. The van der Waals surface area contributed by atoms with Crippen LogP contribution in [0, 0.1) is 11.3 Å². The van der Waals surface area contributed by atoms with Gasteiger partial charge in [0.2, 0.25) is 0 Å². The SMILES string of the molecule is CCc1ccc(-c2n[nH]c(C3CCN(Cc4ccc(-c5nc6c(C#N)cccn6c5-c5ccccc5)cc4)CC3)n2)nc1. The fourth-order valence-corrected chi connectivity index (χ4v) is 5.96. The fraction of sp³-hybridized carbons (Fsp3) is 0.229. The Labute approximate surface area is 250 Å². The van der Waals surface area contributed by atoms with E-state index in [1.165, 1.54) is 11.1 Å². The normalized spacial score (nSPS) is 14.2. The average Bonchev–Trinajstić information content (AvgIpc) is 3.72. The van der Waals surface area contributed by atoms with Crippen LogP contribution in [0.2, 0.25) is 0 Å². The molecule has 0 bridgehead atoms. The summed E-state index contributed by atoms with van der Waals surface area (Å²) < 4.78 is 2.03. The molecule has 0 atom stereocenters. The predicted octanol–water partition coefficient (Wildman–Crippen LogP) is 6.66. The van der Waals surface area contributed by atoms with Gasteiger partial charge in [0.25, 0.3) is 0 Å². The Bertz CT molecular complexity index is 1890. The van der Waals surface area contributed by atoms with Gasteiger partial charge >= 0.3 is 0 Å². The van der Waals surface area contributed by atoms with E-state index >= 15 is 0 Å². The lowest BCUT2D eigenvalue weighted by Gasteiger charge is -2.30. The van der Waals surface area contributed by atoms with Crippen LogP contribution in [0.4, 0.5) is 0 Å². The van der Waals surface area contributed by atoms with Crippen molar-refractivity contribution in [3.8, 4) is 40.1 Å². The second-order valence-electron chi connectivity index (χ2n) is 11.1. The molecular formula is C35H32N8. The van der Waals surface area contributed by atoms with Crippen LogP contribution in [-0.2, 0) is 13.0 Å². The summed E-state index contributed by atoms with van der Waals surface area (Å²) in [6, 6.07) is 29.1. The predicted molar refractivity (Wildman–Crippen MR) is 167 cm³/mol. The zero-order chi connectivity index (χ0) is 29.2. The first-order valence-corrected chi connectivity index (χ1v) is 14.9.